The van der Waals surface area contributed by atoms with Crippen molar-refractivity contribution in [2.45, 2.75) is 40.0 Å². The maximum Gasteiger partial charge on any atom is 0.314 e. The molecule has 0 fully saturated rings. The van der Waals surface area contributed by atoms with Gasteiger partial charge in [-0.1, -0.05) is 26.7 Å². The van der Waals surface area contributed by atoms with Gasteiger partial charge in [-0.2, -0.15) is 0 Å². The number of aliphatic carboxylic acids is 1. The molecule has 0 rings (SSSR count). The second-order valence-electron chi connectivity index (χ2n) is 3.63. The normalized spacial score (nSPS) is 15.0. The lowest BCUT2D eigenvalue weighted by Crippen LogP contribution is -2.23. The van der Waals surface area contributed by atoms with E-state index >= 15 is 0 Å². The number of rotatable bonds is 6. The smallest absolute Gasteiger partial charge is 0.314 e. The van der Waals surface area contributed by atoms with Crippen molar-refractivity contribution in [1.82, 2.24) is 0 Å². The van der Waals surface area contributed by atoms with Crippen LogP contribution in [-0.2, 0) is 9.59 Å². The lowest BCUT2D eigenvalue weighted by Gasteiger charge is -2.14. The first-order valence-corrected chi connectivity index (χ1v) is 4.72. The van der Waals surface area contributed by atoms with E-state index in [1.165, 1.54) is 6.92 Å². The molecule has 0 amide bonds. The molecular weight excluding hydrogens is 168 g/mol. The SMILES string of the molecule is CCCC(C)CC(C(C)=O)C(=O)O. The van der Waals surface area contributed by atoms with Crippen LogP contribution in [0.4, 0.5) is 0 Å². The van der Waals surface area contributed by atoms with Crippen molar-refractivity contribution in [2.75, 3.05) is 0 Å². The lowest BCUT2D eigenvalue weighted by molar-refractivity contribution is -0.146. The van der Waals surface area contributed by atoms with Gasteiger partial charge in [0.05, 0.1) is 0 Å². The van der Waals surface area contributed by atoms with Crippen LogP contribution < -0.4 is 0 Å². The molecule has 0 saturated carbocycles. The van der Waals surface area contributed by atoms with Gasteiger partial charge >= 0.3 is 5.97 Å². The van der Waals surface area contributed by atoms with Crippen molar-refractivity contribution >= 4 is 11.8 Å². The van der Waals surface area contributed by atoms with E-state index in [0.29, 0.717) is 12.3 Å². The minimum absolute atomic E-state index is 0.240. The van der Waals surface area contributed by atoms with Gasteiger partial charge < -0.3 is 5.11 Å². The summed E-state index contributed by atoms with van der Waals surface area (Å²) in [6.45, 7) is 5.39. The van der Waals surface area contributed by atoms with E-state index in [0.717, 1.165) is 12.8 Å². The highest BCUT2D eigenvalue weighted by atomic mass is 16.4. The van der Waals surface area contributed by atoms with Gasteiger partial charge in [0, 0.05) is 0 Å². The molecule has 76 valence electrons. The van der Waals surface area contributed by atoms with Crippen LogP contribution in [0.15, 0.2) is 0 Å². The summed E-state index contributed by atoms with van der Waals surface area (Å²) in [5, 5.41) is 8.74. The molecule has 0 spiro atoms. The molecule has 0 aromatic rings. The van der Waals surface area contributed by atoms with Crippen molar-refractivity contribution in [3.05, 3.63) is 0 Å². The summed E-state index contributed by atoms with van der Waals surface area (Å²) in [6.07, 6.45) is 2.49. The number of hydrogen-bond donors (Lipinski definition) is 1. The Labute approximate surface area is 79.1 Å². The molecule has 0 heterocycles. The van der Waals surface area contributed by atoms with Gasteiger partial charge in [-0.05, 0) is 19.3 Å². The molecular formula is C10H18O3. The summed E-state index contributed by atoms with van der Waals surface area (Å²) in [4.78, 5) is 21.6. The molecule has 0 radical (unpaired) electrons. The van der Waals surface area contributed by atoms with Gasteiger partial charge in [0.25, 0.3) is 0 Å². The summed E-state index contributed by atoms with van der Waals surface area (Å²) in [5.41, 5.74) is 0. The zero-order valence-electron chi connectivity index (χ0n) is 8.54. The number of ketones is 1. The Bertz CT molecular complexity index is 173. The maximum atomic E-state index is 10.9. The number of carboxylic acid groups (broad SMARTS) is 1. The Balaban J connectivity index is 4.10. The molecule has 3 nitrogen and oxygen atoms in total. The minimum atomic E-state index is -0.990. The van der Waals surface area contributed by atoms with E-state index in [-0.39, 0.29) is 5.78 Å². The van der Waals surface area contributed by atoms with Gasteiger partial charge in [-0.25, -0.2) is 0 Å². The average Bonchev–Trinajstić information content (AvgIpc) is 1.99. The third-order valence-electron chi connectivity index (χ3n) is 2.21. The van der Waals surface area contributed by atoms with E-state index in [1.54, 1.807) is 0 Å². The topological polar surface area (TPSA) is 54.4 Å². The van der Waals surface area contributed by atoms with Crippen molar-refractivity contribution in [3.63, 3.8) is 0 Å². The van der Waals surface area contributed by atoms with Gasteiger partial charge in [0.2, 0.25) is 0 Å². The third kappa shape index (κ3) is 4.65. The number of carboxylic acids is 1. The highest BCUT2D eigenvalue weighted by Crippen LogP contribution is 2.17. The van der Waals surface area contributed by atoms with Crippen LogP contribution in [0.2, 0.25) is 0 Å². The summed E-state index contributed by atoms with van der Waals surface area (Å²) in [5.74, 6) is -1.72. The van der Waals surface area contributed by atoms with Crippen molar-refractivity contribution in [3.8, 4) is 0 Å². The average molecular weight is 186 g/mol. The van der Waals surface area contributed by atoms with E-state index in [9.17, 15) is 9.59 Å². The Hall–Kier alpha value is -0.860. The van der Waals surface area contributed by atoms with E-state index in [1.807, 2.05) is 6.92 Å². The van der Waals surface area contributed by atoms with Crippen LogP contribution in [0, 0.1) is 11.8 Å². The highest BCUT2D eigenvalue weighted by Gasteiger charge is 2.24. The van der Waals surface area contributed by atoms with E-state index in [2.05, 4.69) is 6.92 Å². The molecule has 3 heteroatoms. The van der Waals surface area contributed by atoms with Gasteiger partial charge in [-0.3, -0.25) is 9.59 Å². The van der Waals surface area contributed by atoms with E-state index in [4.69, 9.17) is 5.11 Å². The fourth-order valence-electron chi connectivity index (χ4n) is 1.45. The quantitative estimate of drug-likeness (QED) is 0.646. The molecule has 0 aliphatic heterocycles. The standard InChI is InChI=1S/C10H18O3/c1-4-5-7(2)6-9(8(3)11)10(12)13/h7,9H,4-6H2,1-3H3,(H,12,13). The Morgan fingerprint density at radius 2 is 1.92 bits per heavy atom. The summed E-state index contributed by atoms with van der Waals surface area (Å²) in [7, 11) is 0. The van der Waals surface area contributed by atoms with Gasteiger partial charge in [0.1, 0.15) is 11.7 Å². The molecule has 0 saturated heterocycles. The second kappa shape index (κ2) is 5.73. The van der Waals surface area contributed by atoms with E-state index < -0.39 is 11.9 Å². The largest absolute Gasteiger partial charge is 0.481 e. The molecule has 0 bridgehead atoms. The first-order chi connectivity index (χ1) is 5.99. The first kappa shape index (κ1) is 12.1. The van der Waals surface area contributed by atoms with Crippen LogP contribution in [-0.4, -0.2) is 16.9 Å². The molecule has 13 heavy (non-hydrogen) atoms. The minimum Gasteiger partial charge on any atom is -0.481 e. The molecule has 2 unspecified atom stereocenters. The number of carbonyl (C=O) groups excluding carboxylic acids is 1. The summed E-state index contributed by atoms with van der Waals surface area (Å²) in [6, 6.07) is 0. The number of hydrogen-bond acceptors (Lipinski definition) is 2. The molecule has 2 atom stereocenters. The zero-order valence-corrected chi connectivity index (χ0v) is 8.54. The Kier molecular flexibility index (Phi) is 5.35. The van der Waals surface area contributed by atoms with Gasteiger partial charge in [-0.15, -0.1) is 0 Å². The van der Waals surface area contributed by atoms with Crippen LogP contribution in [0.3, 0.4) is 0 Å². The van der Waals surface area contributed by atoms with Gasteiger partial charge in [0.15, 0.2) is 0 Å². The van der Waals surface area contributed by atoms with Crippen molar-refractivity contribution in [2.24, 2.45) is 11.8 Å². The Morgan fingerprint density at radius 1 is 1.38 bits per heavy atom. The lowest BCUT2D eigenvalue weighted by atomic mass is 9.90. The van der Waals surface area contributed by atoms with Crippen LogP contribution in [0.5, 0.6) is 0 Å². The Morgan fingerprint density at radius 3 is 2.23 bits per heavy atom. The predicted octanol–water partition coefficient (Wildman–Crippen LogP) is 2.10. The summed E-state index contributed by atoms with van der Waals surface area (Å²) < 4.78 is 0. The van der Waals surface area contributed by atoms with Crippen molar-refractivity contribution in [1.29, 1.82) is 0 Å². The number of carbonyl (C=O) groups is 2. The predicted molar refractivity (Wildman–Crippen MR) is 50.5 cm³/mol. The fraction of sp³-hybridized carbons (Fsp3) is 0.800. The monoisotopic (exact) mass is 186 g/mol. The highest BCUT2D eigenvalue weighted by molar-refractivity contribution is 5.96. The third-order valence-corrected chi connectivity index (χ3v) is 2.21. The van der Waals surface area contributed by atoms with Crippen molar-refractivity contribution < 1.29 is 14.7 Å². The van der Waals surface area contributed by atoms with Crippen LogP contribution in [0.1, 0.15) is 40.0 Å². The number of Topliss-reactive ketones (excluding diaryl/α,β-unsaturated/α-hetero) is 1. The first-order valence-electron chi connectivity index (χ1n) is 4.72. The van der Waals surface area contributed by atoms with Crippen LogP contribution in [0.25, 0.3) is 0 Å². The molecule has 0 aromatic carbocycles. The molecule has 1 N–H and O–H groups in total. The fourth-order valence-corrected chi connectivity index (χ4v) is 1.45. The second-order valence-corrected chi connectivity index (χ2v) is 3.63. The summed E-state index contributed by atoms with van der Waals surface area (Å²) >= 11 is 0. The zero-order chi connectivity index (χ0) is 10.4. The molecule has 0 aliphatic carbocycles. The molecule has 0 aromatic heterocycles. The molecule has 0 aliphatic rings. The van der Waals surface area contributed by atoms with Crippen LogP contribution >= 0.6 is 0 Å². The maximum absolute atomic E-state index is 10.9.